The van der Waals surface area contributed by atoms with E-state index in [-0.39, 0.29) is 40.5 Å². The number of carbonyl (C=O) groups excluding carboxylic acids is 1. The van der Waals surface area contributed by atoms with Crippen molar-refractivity contribution in [3.8, 4) is 11.5 Å². The normalized spacial score (nSPS) is 15.4. The number of halogens is 1. The van der Waals surface area contributed by atoms with Crippen LogP contribution in [0.4, 0.5) is 27.9 Å². The first-order valence-corrected chi connectivity index (χ1v) is 16.1. The number of nitrogens with one attached hydrogen (secondary N) is 2. The molecule has 2 aliphatic heterocycles. The van der Waals surface area contributed by atoms with Crippen molar-refractivity contribution >= 4 is 50.9 Å². The van der Waals surface area contributed by atoms with E-state index in [4.69, 9.17) is 25.8 Å². The van der Waals surface area contributed by atoms with Crippen LogP contribution in [0.1, 0.15) is 50.7 Å². The summed E-state index contributed by atoms with van der Waals surface area (Å²) in [6, 6.07) is 8.48. The number of piperidine rings is 1. The lowest BCUT2D eigenvalue weighted by Gasteiger charge is -2.34. The maximum absolute atomic E-state index is 12.9. The van der Waals surface area contributed by atoms with Crippen LogP contribution in [0.25, 0.3) is 0 Å². The monoisotopic (exact) mass is 644 g/mol. The van der Waals surface area contributed by atoms with E-state index >= 15 is 0 Å². The molecule has 2 aromatic carbocycles. The Morgan fingerprint density at radius 3 is 2.45 bits per heavy atom. The molecule has 1 aromatic heterocycles. The molecule has 236 valence electrons. The summed E-state index contributed by atoms with van der Waals surface area (Å²) in [4.78, 5) is 23.3. The Bertz CT molecular complexity index is 1670. The number of benzene rings is 2. The highest BCUT2D eigenvalue weighted by Crippen LogP contribution is 2.49. The van der Waals surface area contributed by atoms with Crippen LogP contribution >= 0.6 is 11.6 Å². The van der Waals surface area contributed by atoms with Gasteiger partial charge in [0.25, 0.3) is 0 Å². The van der Waals surface area contributed by atoms with Crippen LogP contribution in [0.2, 0.25) is 5.02 Å². The fraction of sp³-hybridized carbons (Fsp3) is 0.433. The molecule has 44 heavy (non-hydrogen) atoms. The fourth-order valence-electron chi connectivity index (χ4n) is 5.25. The van der Waals surface area contributed by atoms with E-state index in [1.807, 2.05) is 33.8 Å². The highest BCUT2D eigenvalue weighted by molar-refractivity contribution is 7.89. The summed E-state index contributed by atoms with van der Waals surface area (Å²) < 4.78 is 44.3. The molecule has 2 N–H and O–H groups in total. The van der Waals surface area contributed by atoms with E-state index in [2.05, 4.69) is 20.6 Å². The number of aromatic nitrogens is 2. The van der Waals surface area contributed by atoms with Crippen LogP contribution < -0.4 is 20.1 Å². The third kappa shape index (κ3) is 6.64. The number of fused-ring (bicyclic) bond motifs is 1. The molecule has 1 saturated heterocycles. The number of anilines is 4. The predicted molar refractivity (Wildman–Crippen MR) is 168 cm³/mol. The Labute approximate surface area is 262 Å². The van der Waals surface area contributed by atoms with E-state index < -0.39 is 15.6 Å². The van der Waals surface area contributed by atoms with Gasteiger partial charge in [-0.2, -0.15) is 4.98 Å². The average Bonchev–Trinajstić information content (AvgIpc) is 3.44. The zero-order chi connectivity index (χ0) is 31.8. The quantitative estimate of drug-likeness (QED) is 0.314. The van der Waals surface area contributed by atoms with Crippen molar-refractivity contribution in [2.45, 2.75) is 57.0 Å². The van der Waals surface area contributed by atoms with E-state index in [9.17, 15) is 13.2 Å². The number of ether oxygens (including phenoxy) is 3. The Morgan fingerprint density at radius 1 is 1.09 bits per heavy atom. The average molecular weight is 645 g/mol. The minimum atomic E-state index is -3.73. The summed E-state index contributed by atoms with van der Waals surface area (Å²) in [5, 5.41) is 6.47. The molecular weight excluding hydrogens is 608 g/mol. The van der Waals surface area contributed by atoms with Gasteiger partial charge < -0.3 is 29.7 Å². The summed E-state index contributed by atoms with van der Waals surface area (Å²) in [5.74, 6) is 1.85. The number of nitrogens with zero attached hydrogens (tertiary/aromatic N) is 4. The van der Waals surface area contributed by atoms with Gasteiger partial charge in [0.05, 0.1) is 17.6 Å². The molecule has 0 saturated carbocycles. The first kappa shape index (κ1) is 31.6. The summed E-state index contributed by atoms with van der Waals surface area (Å²) in [6.07, 6.45) is 2.67. The molecule has 2 aliphatic rings. The molecule has 12 nitrogen and oxygen atoms in total. The minimum absolute atomic E-state index is 0.0721. The van der Waals surface area contributed by atoms with Crippen molar-refractivity contribution in [1.29, 1.82) is 0 Å². The van der Waals surface area contributed by atoms with Gasteiger partial charge in [0.1, 0.15) is 15.5 Å². The molecular formula is C30H37ClN6O6S. The van der Waals surface area contributed by atoms with Gasteiger partial charge in [-0.25, -0.2) is 22.5 Å². The predicted octanol–water partition coefficient (Wildman–Crippen LogP) is 6.02. The summed E-state index contributed by atoms with van der Waals surface area (Å²) in [6.45, 7) is 8.85. The second-order valence-electron chi connectivity index (χ2n) is 11.9. The number of amides is 1. The molecule has 0 bridgehead atoms. The van der Waals surface area contributed by atoms with Crippen molar-refractivity contribution in [2.75, 3.05) is 44.6 Å². The van der Waals surface area contributed by atoms with Crippen LogP contribution in [0.3, 0.4) is 0 Å². The lowest BCUT2D eigenvalue weighted by Crippen LogP contribution is -2.41. The second kappa shape index (κ2) is 12.3. The van der Waals surface area contributed by atoms with E-state index in [1.54, 1.807) is 23.1 Å². The Hall–Kier alpha value is -3.81. The Balaban J connectivity index is 1.37. The van der Waals surface area contributed by atoms with Gasteiger partial charge in [-0.15, -0.1) is 0 Å². The van der Waals surface area contributed by atoms with Crippen molar-refractivity contribution in [2.24, 2.45) is 0 Å². The molecule has 1 fully saturated rings. The Morgan fingerprint density at radius 2 is 1.77 bits per heavy atom. The van der Waals surface area contributed by atoms with Gasteiger partial charge in [0.15, 0.2) is 17.3 Å². The van der Waals surface area contributed by atoms with E-state index in [1.165, 1.54) is 26.4 Å². The third-order valence-electron chi connectivity index (χ3n) is 7.33. The third-order valence-corrected chi connectivity index (χ3v) is 9.48. The van der Waals surface area contributed by atoms with E-state index in [0.717, 1.165) is 28.3 Å². The second-order valence-corrected chi connectivity index (χ2v) is 14.4. The van der Waals surface area contributed by atoms with Crippen molar-refractivity contribution < 1.29 is 27.4 Å². The van der Waals surface area contributed by atoms with Gasteiger partial charge >= 0.3 is 6.09 Å². The topological polar surface area (TPSA) is 135 Å². The van der Waals surface area contributed by atoms with Crippen LogP contribution in [-0.4, -0.2) is 73.3 Å². The molecule has 14 heteroatoms. The zero-order valence-corrected chi connectivity index (χ0v) is 27.2. The van der Waals surface area contributed by atoms with Crippen molar-refractivity contribution in [1.82, 2.24) is 19.2 Å². The van der Waals surface area contributed by atoms with Crippen LogP contribution in [0.15, 0.2) is 41.4 Å². The van der Waals surface area contributed by atoms with Crippen LogP contribution in [-0.2, 0) is 14.8 Å². The van der Waals surface area contributed by atoms with Gasteiger partial charge in [-0.1, -0.05) is 23.7 Å². The number of sulfonamides is 1. The minimum Gasteiger partial charge on any atom is -0.453 e. The number of hydrogen-bond acceptors (Lipinski definition) is 10. The van der Waals surface area contributed by atoms with Crippen LogP contribution in [0, 0.1) is 6.92 Å². The molecule has 0 unspecified atom stereocenters. The number of carbonyl (C=O) groups is 1. The lowest BCUT2D eigenvalue weighted by atomic mass is 9.85. The molecule has 3 heterocycles. The number of hydrogen-bond donors (Lipinski definition) is 2. The molecule has 0 spiro atoms. The first-order chi connectivity index (χ1) is 20.7. The fourth-order valence-corrected chi connectivity index (χ4v) is 6.43. The number of rotatable bonds is 7. The highest BCUT2D eigenvalue weighted by atomic mass is 35.5. The van der Waals surface area contributed by atoms with Gasteiger partial charge in [-0.05, 0) is 70.2 Å². The zero-order valence-electron chi connectivity index (χ0n) is 25.6. The molecule has 1 amide bonds. The standard InChI is InChI=1S/C30H37ClN6O6S/c1-18-15-22(25-26(42-17-41-25)24(18)19-11-13-37(14-12-19)29(38)43-30(2,3)4)34-28-32-16-20(31)27(35-28)33-21-9-7-8-10-23(21)44(39,40)36(5)6/h7-10,15-16,19H,11-14,17H2,1-6H3,(H2,32,33,34,35). The first-order valence-electron chi connectivity index (χ1n) is 14.2. The largest absolute Gasteiger partial charge is 0.453 e. The molecule has 0 atom stereocenters. The maximum atomic E-state index is 12.9. The summed E-state index contributed by atoms with van der Waals surface area (Å²) in [5.41, 5.74) is 2.46. The number of para-hydroxylation sites is 1. The SMILES string of the molecule is Cc1cc(Nc2ncc(Cl)c(Nc3ccccc3S(=O)(=O)N(C)C)n2)c2c(c1C1CCN(C(=O)OC(C)(C)C)CC1)OCO2. The summed E-state index contributed by atoms with van der Waals surface area (Å²) >= 11 is 6.41. The summed E-state index contributed by atoms with van der Waals surface area (Å²) in [7, 11) is -0.789. The lowest BCUT2D eigenvalue weighted by molar-refractivity contribution is 0.0204. The molecule has 0 radical (unpaired) electrons. The maximum Gasteiger partial charge on any atom is 0.410 e. The molecule has 3 aromatic rings. The van der Waals surface area contributed by atoms with Crippen molar-refractivity contribution in [3.05, 3.63) is 52.7 Å². The number of aryl methyl sites for hydroxylation is 1. The number of likely N-dealkylation sites (tertiary alicyclic amines) is 1. The molecule has 0 aliphatic carbocycles. The van der Waals surface area contributed by atoms with Crippen LogP contribution in [0.5, 0.6) is 11.5 Å². The van der Waals surface area contributed by atoms with Gasteiger partial charge in [0.2, 0.25) is 22.8 Å². The smallest absolute Gasteiger partial charge is 0.410 e. The Kier molecular flexibility index (Phi) is 8.83. The van der Waals surface area contributed by atoms with Crippen molar-refractivity contribution in [3.63, 3.8) is 0 Å². The molecule has 5 rings (SSSR count). The van der Waals surface area contributed by atoms with E-state index in [0.29, 0.717) is 36.0 Å². The highest BCUT2D eigenvalue weighted by Gasteiger charge is 2.33. The van der Waals surface area contributed by atoms with Gasteiger partial charge in [-0.3, -0.25) is 0 Å². The van der Waals surface area contributed by atoms with Gasteiger partial charge in [0, 0.05) is 32.7 Å².